The fourth-order valence-corrected chi connectivity index (χ4v) is 1.16. The Labute approximate surface area is 86.8 Å². The minimum atomic E-state index is 0.619. The number of nitrogens with zero attached hydrogens (tertiary/aromatic N) is 4. The molecule has 0 unspecified atom stereocenters. The molecule has 2 aromatic rings. The van der Waals surface area contributed by atoms with E-state index in [0.717, 1.165) is 11.6 Å². The molecule has 2 aromatic heterocycles. The predicted molar refractivity (Wildman–Crippen MR) is 53.3 cm³/mol. The summed E-state index contributed by atoms with van der Waals surface area (Å²) >= 11 is 0. The summed E-state index contributed by atoms with van der Waals surface area (Å²) in [4.78, 5) is 12.1. The van der Waals surface area contributed by atoms with E-state index in [1.165, 1.54) is 6.33 Å². The van der Waals surface area contributed by atoms with Gasteiger partial charge in [0.05, 0.1) is 0 Å². The maximum absolute atomic E-state index is 4.86. The largest absolute Gasteiger partial charge is 0.369 e. The fraction of sp³-hybridized carbons (Fsp3) is 0.333. The summed E-state index contributed by atoms with van der Waals surface area (Å²) < 4.78 is 4.86. The van der Waals surface area contributed by atoms with Gasteiger partial charge in [-0.3, -0.25) is 0 Å². The molecule has 0 amide bonds. The van der Waals surface area contributed by atoms with Crippen LogP contribution in [-0.2, 0) is 6.42 Å². The molecule has 6 heteroatoms. The lowest BCUT2D eigenvalue weighted by Crippen LogP contribution is -2.07. The molecule has 15 heavy (non-hydrogen) atoms. The van der Waals surface area contributed by atoms with Crippen LogP contribution in [0.1, 0.15) is 11.7 Å². The molecule has 0 saturated heterocycles. The molecule has 1 N–H and O–H groups in total. The van der Waals surface area contributed by atoms with Gasteiger partial charge in [0, 0.05) is 19.2 Å². The molecule has 2 rings (SSSR count). The van der Waals surface area contributed by atoms with Gasteiger partial charge in [0.15, 0.2) is 6.33 Å². The van der Waals surface area contributed by atoms with Gasteiger partial charge in [-0.1, -0.05) is 5.16 Å². The van der Waals surface area contributed by atoms with Gasteiger partial charge in [-0.05, 0) is 13.0 Å². The van der Waals surface area contributed by atoms with Crippen molar-refractivity contribution in [3.8, 4) is 0 Å². The van der Waals surface area contributed by atoms with Crippen molar-refractivity contribution in [2.24, 2.45) is 0 Å². The van der Waals surface area contributed by atoms with E-state index in [1.807, 2.05) is 13.0 Å². The van der Waals surface area contributed by atoms with Crippen molar-refractivity contribution in [1.29, 1.82) is 0 Å². The van der Waals surface area contributed by atoms with Gasteiger partial charge in [0.1, 0.15) is 11.6 Å². The Balaban J connectivity index is 1.83. The molecule has 0 fully saturated rings. The maximum atomic E-state index is 4.86. The zero-order valence-electron chi connectivity index (χ0n) is 8.34. The van der Waals surface area contributed by atoms with Crippen molar-refractivity contribution in [3.05, 3.63) is 30.3 Å². The summed E-state index contributed by atoms with van der Waals surface area (Å²) in [5, 5.41) is 6.67. The number of nitrogens with one attached hydrogen (secondary N) is 1. The highest BCUT2D eigenvalue weighted by Crippen LogP contribution is 2.01. The summed E-state index contributed by atoms with van der Waals surface area (Å²) in [5.41, 5.74) is 0. The number of hydrogen-bond acceptors (Lipinski definition) is 6. The average molecular weight is 205 g/mol. The summed E-state index contributed by atoms with van der Waals surface area (Å²) in [6.45, 7) is 2.56. The van der Waals surface area contributed by atoms with E-state index in [-0.39, 0.29) is 0 Å². The van der Waals surface area contributed by atoms with E-state index in [4.69, 9.17) is 4.52 Å². The Morgan fingerprint density at radius 3 is 3.07 bits per heavy atom. The Kier molecular flexibility index (Phi) is 2.87. The lowest BCUT2D eigenvalue weighted by atomic mass is 10.4. The van der Waals surface area contributed by atoms with Crippen molar-refractivity contribution in [1.82, 2.24) is 20.1 Å². The second kappa shape index (κ2) is 4.50. The zero-order chi connectivity index (χ0) is 10.5. The van der Waals surface area contributed by atoms with Crippen molar-refractivity contribution in [3.63, 3.8) is 0 Å². The highest BCUT2D eigenvalue weighted by molar-refractivity contribution is 5.32. The van der Waals surface area contributed by atoms with Crippen LogP contribution in [0.2, 0.25) is 0 Å². The third-order valence-electron chi connectivity index (χ3n) is 1.83. The molecule has 0 radical (unpaired) electrons. The molecule has 0 atom stereocenters. The van der Waals surface area contributed by atoms with Gasteiger partial charge in [-0.15, -0.1) is 0 Å². The summed E-state index contributed by atoms with van der Waals surface area (Å²) in [6, 6.07) is 1.82. The molecule has 0 aliphatic heterocycles. The average Bonchev–Trinajstić information content (AvgIpc) is 2.71. The Morgan fingerprint density at radius 2 is 2.33 bits per heavy atom. The first-order valence-electron chi connectivity index (χ1n) is 4.63. The van der Waals surface area contributed by atoms with E-state index in [2.05, 4.69) is 25.4 Å². The Morgan fingerprint density at radius 1 is 1.40 bits per heavy atom. The quantitative estimate of drug-likeness (QED) is 0.796. The van der Waals surface area contributed by atoms with Gasteiger partial charge in [-0.2, -0.15) is 4.98 Å². The summed E-state index contributed by atoms with van der Waals surface area (Å²) in [6.07, 6.45) is 3.80. The van der Waals surface area contributed by atoms with Crippen LogP contribution >= 0.6 is 0 Å². The monoisotopic (exact) mass is 205 g/mol. The van der Waals surface area contributed by atoms with Crippen LogP contribution in [0.15, 0.2) is 23.1 Å². The van der Waals surface area contributed by atoms with Crippen LogP contribution in [0, 0.1) is 6.92 Å². The van der Waals surface area contributed by atoms with Crippen molar-refractivity contribution in [2.45, 2.75) is 13.3 Å². The predicted octanol–water partition coefficient (Wildman–Crippen LogP) is 0.823. The first-order valence-corrected chi connectivity index (χ1v) is 4.63. The molecule has 0 aliphatic carbocycles. The van der Waals surface area contributed by atoms with Gasteiger partial charge in [0.25, 0.3) is 0 Å². The number of aromatic nitrogens is 4. The molecule has 0 bridgehead atoms. The zero-order valence-corrected chi connectivity index (χ0v) is 8.34. The number of rotatable bonds is 4. The number of hydrogen-bond donors (Lipinski definition) is 1. The van der Waals surface area contributed by atoms with Crippen molar-refractivity contribution < 1.29 is 4.52 Å². The lowest BCUT2D eigenvalue weighted by Gasteiger charge is -2.03. The molecule has 6 nitrogen and oxygen atoms in total. The Bertz CT molecular complexity index is 414. The van der Waals surface area contributed by atoms with Gasteiger partial charge >= 0.3 is 0 Å². The minimum absolute atomic E-state index is 0.619. The van der Waals surface area contributed by atoms with Crippen LogP contribution < -0.4 is 5.32 Å². The van der Waals surface area contributed by atoms with E-state index >= 15 is 0 Å². The smallest absolute Gasteiger partial charge is 0.228 e. The standard InChI is InChI=1S/C9H11N5O/c1-7-10-4-2-8(14-7)11-5-3-9-12-6-13-15-9/h2,4,6H,3,5H2,1H3,(H,10,11,14). The van der Waals surface area contributed by atoms with E-state index in [1.54, 1.807) is 6.20 Å². The van der Waals surface area contributed by atoms with E-state index < -0.39 is 0 Å². The third-order valence-corrected chi connectivity index (χ3v) is 1.83. The van der Waals surface area contributed by atoms with Crippen molar-refractivity contribution in [2.75, 3.05) is 11.9 Å². The molecule has 0 aliphatic rings. The topological polar surface area (TPSA) is 76.7 Å². The number of anilines is 1. The van der Waals surface area contributed by atoms with Crippen LogP contribution in [0.5, 0.6) is 0 Å². The van der Waals surface area contributed by atoms with Gasteiger partial charge in [0.2, 0.25) is 5.89 Å². The molecule has 2 heterocycles. The van der Waals surface area contributed by atoms with Crippen LogP contribution in [-0.4, -0.2) is 26.7 Å². The molecular formula is C9H11N5O. The first-order chi connectivity index (χ1) is 7.34. The molecule has 78 valence electrons. The first kappa shape index (κ1) is 9.57. The molecule has 0 aromatic carbocycles. The molecule has 0 saturated carbocycles. The summed E-state index contributed by atoms with van der Waals surface area (Å²) in [7, 11) is 0. The van der Waals surface area contributed by atoms with Gasteiger partial charge in [-0.25, -0.2) is 9.97 Å². The highest BCUT2D eigenvalue weighted by atomic mass is 16.5. The van der Waals surface area contributed by atoms with Crippen LogP contribution in [0.4, 0.5) is 5.82 Å². The normalized spacial score (nSPS) is 10.2. The lowest BCUT2D eigenvalue weighted by molar-refractivity contribution is 0.379. The van der Waals surface area contributed by atoms with Gasteiger partial charge < -0.3 is 9.84 Å². The maximum Gasteiger partial charge on any atom is 0.228 e. The van der Waals surface area contributed by atoms with Crippen molar-refractivity contribution >= 4 is 5.82 Å². The second-order valence-corrected chi connectivity index (χ2v) is 3.00. The highest BCUT2D eigenvalue weighted by Gasteiger charge is 1.99. The fourth-order valence-electron chi connectivity index (χ4n) is 1.16. The SMILES string of the molecule is Cc1nccc(NCCc2ncno2)n1. The van der Waals surface area contributed by atoms with Crippen LogP contribution in [0.25, 0.3) is 0 Å². The van der Waals surface area contributed by atoms with E-state index in [9.17, 15) is 0 Å². The molecular weight excluding hydrogens is 194 g/mol. The van der Waals surface area contributed by atoms with Crippen LogP contribution in [0.3, 0.4) is 0 Å². The van der Waals surface area contributed by atoms with E-state index in [0.29, 0.717) is 18.9 Å². The summed E-state index contributed by atoms with van der Waals surface area (Å²) in [5.74, 6) is 2.17. The third kappa shape index (κ3) is 2.73. The Hall–Kier alpha value is -1.98. The number of aryl methyl sites for hydroxylation is 1. The second-order valence-electron chi connectivity index (χ2n) is 3.00. The minimum Gasteiger partial charge on any atom is -0.369 e. The molecule has 0 spiro atoms.